The van der Waals surface area contributed by atoms with Gasteiger partial charge in [-0.15, -0.1) is 0 Å². The molecule has 7 nitrogen and oxygen atoms in total. The van der Waals surface area contributed by atoms with E-state index in [-0.39, 0.29) is 39.8 Å². The summed E-state index contributed by atoms with van der Waals surface area (Å²) in [5.41, 5.74) is 8.08. The number of aromatic nitrogens is 3. The number of nitrogens with two attached hydrogens (primary N) is 1. The molecular weight excluding hydrogens is 503 g/mol. The first-order valence-corrected chi connectivity index (χ1v) is 12.8. The van der Waals surface area contributed by atoms with Crippen molar-refractivity contribution in [3.8, 4) is 11.8 Å². The highest BCUT2D eigenvalue weighted by atomic mass is 35.5. The van der Waals surface area contributed by atoms with Gasteiger partial charge in [0.1, 0.15) is 34.3 Å². The molecule has 2 N–H and O–H groups in total. The van der Waals surface area contributed by atoms with Gasteiger partial charge in [0.2, 0.25) is 0 Å². The van der Waals surface area contributed by atoms with E-state index in [0.717, 1.165) is 29.2 Å². The number of anilines is 1. The summed E-state index contributed by atoms with van der Waals surface area (Å²) in [4.78, 5) is 20.7. The lowest BCUT2D eigenvalue weighted by Gasteiger charge is -2.33. The summed E-state index contributed by atoms with van der Waals surface area (Å²) < 4.78 is 17.2. The van der Waals surface area contributed by atoms with Crippen molar-refractivity contribution < 1.29 is 4.39 Å². The third-order valence-corrected chi connectivity index (χ3v) is 7.45. The second-order valence-corrected chi connectivity index (χ2v) is 10.0. The minimum Gasteiger partial charge on any atom is -0.355 e. The first-order chi connectivity index (χ1) is 18.5. The summed E-state index contributed by atoms with van der Waals surface area (Å²) in [6.45, 7) is 1.45. The summed E-state index contributed by atoms with van der Waals surface area (Å²) in [6.07, 6.45) is 3.19. The Morgan fingerprint density at radius 3 is 2.76 bits per heavy atom. The number of fused-ring (bicyclic) bond motifs is 2. The molecule has 3 aromatic carbocycles. The lowest BCUT2D eigenvalue weighted by atomic mass is 10.0. The van der Waals surface area contributed by atoms with Crippen molar-refractivity contribution >= 4 is 39.2 Å². The molecule has 9 heteroatoms. The lowest BCUT2D eigenvalue weighted by molar-refractivity contribution is 0.501. The van der Waals surface area contributed by atoms with Gasteiger partial charge in [-0.1, -0.05) is 54.1 Å². The van der Waals surface area contributed by atoms with Gasteiger partial charge in [0.15, 0.2) is 0 Å². The van der Waals surface area contributed by atoms with Crippen LogP contribution in [0.5, 0.6) is 0 Å². The van der Waals surface area contributed by atoms with Crippen LogP contribution in [0.4, 0.5) is 10.2 Å². The van der Waals surface area contributed by atoms with Crippen LogP contribution in [0.3, 0.4) is 0 Å². The van der Waals surface area contributed by atoms with Crippen molar-refractivity contribution in [1.82, 2.24) is 14.1 Å². The third-order valence-electron chi connectivity index (χ3n) is 7.15. The van der Waals surface area contributed by atoms with Crippen LogP contribution in [0.15, 0.2) is 71.8 Å². The lowest BCUT2D eigenvalue weighted by Crippen LogP contribution is -2.43. The van der Waals surface area contributed by atoms with E-state index in [1.54, 1.807) is 4.57 Å². The van der Waals surface area contributed by atoms with Crippen LogP contribution in [0.1, 0.15) is 24.0 Å². The average Bonchev–Trinajstić information content (AvgIpc) is 3.25. The Bertz CT molecular complexity index is 1800. The first-order valence-electron chi connectivity index (χ1n) is 12.4. The molecule has 3 heterocycles. The normalized spacial score (nSPS) is 15.7. The molecule has 1 saturated heterocycles. The highest BCUT2D eigenvalue weighted by molar-refractivity contribution is 6.32. The van der Waals surface area contributed by atoms with Crippen molar-refractivity contribution in [2.75, 3.05) is 18.0 Å². The quantitative estimate of drug-likeness (QED) is 0.356. The molecule has 0 amide bonds. The van der Waals surface area contributed by atoms with Gasteiger partial charge in [-0.25, -0.2) is 9.37 Å². The minimum absolute atomic E-state index is 0.0820. The zero-order valence-electron chi connectivity index (χ0n) is 20.4. The molecule has 1 fully saturated rings. The molecule has 0 saturated carbocycles. The van der Waals surface area contributed by atoms with E-state index in [1.165, 1.54) is 29.1 Å². The predicted molar refractivity (Wildman–Crippen MR) is 147 cm³/mol. The molecule has 190 valence electrons. The van der Waals surface area contributed by atoms with E-state index in [9.17, 15) is 14.4 Å². The number of benzene rings is 3. The Morgan fingerprint density at radius 1 is 1.16 bits per heavy atom. The molecule has 1 atom stereocenters. The largest absolute Gasteiger partial charge is 0.355 e. The molecule has 1 aliphatic rings. The maximum Gasteiger partial charge on any atom is 0.278 e. The van der Waals surface area contributed by atoms with Crippen LogP contribution in [-0.4, -0.2) is 33.2 Å². The van der Waals surface area contributed by atoms with Crippen molar-refractivity contribution in [2.24, 2.45) is 5.73 Å². The highest BCUT2D eigenvalue weighted by Gasteiger charge is 2.30. The molecule has 0 radical (unpaired) electrons. The number of nitriles is 1. The van der Waals surface area contributed by atoms with E-state index < -0.39 is 5.82 Å². The summed E-state index contributed by atoms with van der Waals surface area (Å²) in [5, 5.41) is 12.5. The maximum absolute atomic E-state index is 14.1. The SMILES string of the molecule is N#Cc1c(N2CCC[C@H](N)C2)n(-c2ccc(F)cc2Cl)c2c(=O)n(Cc3cccc4ccccc34)cnc12. The van der Waals surface area contributed by atoms with Gasteiger partial charge in [-0.3, -0.25) is 13.9 Å². The van der Waals surface area contributed by atoms with Crippen molar-refractivity contribution in [3.05, 3.63) is 99.3 Å². The summed E-state index contributed by atoms with van der Waals surface area (Å²) in [6, 6.07) is 20.1. The molecular formula is C29H24ClFN6O. The van der Waals surface area contributed by atoms with Crippen LogP contribution in [0.2, 0.25) is 5.02 Å². The molecule has 6 rings (SSSR count). The number of piperidine rings is 1. The van der Waals surface area contributed by atoms with E-state index in [4.69, 9.17) is 17.3 Å². The molecule has 0 spiro atoms. The smallest absolute Gasteiger partial charge is 0.278 e. The number of nitrogens with zero attached hydrogens (tertiary/aromatic N) is 5. The zero-order chi connectivity index (χ0) is 26.4. The van der Waals surface area contributed by atoms with Crippen LogP contribution >= 0.6 is 11.6 Å². The van der Waals surface area contributed by atoms with Gasteiger partial charge >= 0.3 is 0 Å². The Morgan fingerprint density at radius 2 is 1.97 bits per heavy atom. The molecule has 0 unspecified atom stereocenters. The minimum atomic E-state index is -0.497. The van der Waals surface area contributed by atoms with Crippen molar-refractivity contribution in [1.29, 1.82) is 5.26 Å². The van der Waals surface area contributed by atoms with E-state index in [0.29, 0.717) is 24.6 Å². The van der Waals surface area contributed by atoms with Crippen LogP contribution in [-0.2, 0) is 6.54 Å². The van der Waals surface area contributed by atoms with Crippen LogP contribution < -0.4 is 16.2 Å². The van der Waals surface area contributed by atoms with Gasteiger partial charge < -0.3 is 10.6 Å². The number of halogens is 2. The standard InChI is InChI=1S/C29H24ClFN6O/c30-24-13-20(31)10-11-25(24)37-27-26(23(14-32)28(37)35-12-4-8-21(33)16-35)34-17-36(29(27)38)15-19-7-3-6-18-5-1-2-9-22(18)19/h1-3,5-7,9-11,13,17,21H,4,8,12,15-16,33H2/t21-/m0/s1. The van der Waals surface area contributed by atoms with Gasteiger partial charge in [-0.2, -0.15) is 5.26 Å². The fourth-order valence-electron chi connectivity index (χ4n) is 5.41. The van der Waals surface area contributed by atoms with E-state index in [2.05, 4.69) is 11.1 Å². The summed E-state index contributed by atoms with van der Waals surface area (Å²) in [5.74, 6) is 0.00224. The Hall–Kier alpha value is -4.19. The van der Waals surface area contributed by atoms with Gasteiger partial charge in [0, 0.05) is 19.1 Å². The number of rotatable bonds is 4. The second-order valence-electron chi connectivity index (χ2n) is 9.60. The van der Waals surface area contributed by atoms with E-state index in [1.807, 2.05) is 47.4 Å². The Kier molecular flexibility index (Phi) is 6.10. The Balaban J connectivity index is 1.62. The predicted octanol–water partition coefficient (Wildman–Crippen LogP) is 4.98. The topological polar surface area (TPSA) is 92.9 Å². The zero-order valence-corrected chi connectivity index (χ0v) is 21.2. The fraction of sp³-hybridized carbons (Fsp3) is 0.207. The summed E-state index contributed by atoms with van der Waals surface area (Å²) in [7, 11) is 0. The monoisotopic (exact) mass is 526 g/mol. The molecule has 38 heavy (non-hydrogen) atoms. The second kappa shape index (κ2) is 9.60. The molecule has 1 aliphatic heterocycles. The van der Waals surface area contributed by atoms with E-state index >= 15 is 0 Å². The Labute approximate surface area is 223 Å². The van der Waals surface area contributed by atoms with Crippen LogP contribution in [0.25, 0.3) is 27.5 Å². The van der Waals surface area contributed by atoms with Gasteiger partial charge in [-0.05, 0) is 47.4 Å². The molecule has 0 bridgehead atoms. The number of hydrogen-bond acceptors (Lipinski definition) is 5. The van der Waals surface area contributed by atoms with Crippen LogP contribution in [0, 0.1) is 17.1 Å². The number of hydrogen-bond donors (Lipinski definition) is 1. The molecule has 2 aromatic heterocycles. The van der Waals surface area contributed by atoms with Gasteiger partial charge in [0.25, 0.3) is 5.56 Å². The highest BCUT2D eigenvalue weighted by Crippen LogP contribution is 2.37. The third kappa shape index (κ3) is 4.01. The fourth-order valence-corrected chi connectivity index (χ4v) is 5.67. The maximum atomic E-state index is 14.1. The average molecular weight is 527 g/mol. The van der Waals surface area contributed by atoms with Gasteiger partial charge in [0.05, 0.1) is 23.6 Å². The molecule has 0 aliphatic carbocycles. The first kappa shape index (κ1) is 24.2. The van der Waals surface area contributed by atoms with Crippen molar-refractivity contribution in [3.63, 3.8) is 0 Å². The molecule has 5 aromatic rings. The van der Waals surface area contributed by atoms with Crippen molar-refractivity contribution in [2.45, 2.75) is 25.4 Å². The summed E-state index contributed by atoms with van der Waals surface area (Å²) >= 11 is 6.53.